The average Bonchev–Trinajstić information content (AvgIpc) is 2.94. The number of nitrogens with zero attached hydrogens (tertiary/aromatic N) is 5. The van der Waals surface area contributed by atoms with Crippen LogP contribution in [0.2, 0.25) is 0 Å². The first-order chi connectivity index (χ1) is 19.7. The number of nitrogens with one attached hydrogen (secondary N) is 4. The van der Waals surface area contributed by atoms with Crippen molar-refractivity contribution in [1.29, 1.82) is 5.41 Å². The van der Waals surface area contributed by atoms with Crippen molar-refractivity contribution >= 4 is 40.5 Å². The minimum Gasteiger partial charge on any atom is -0.392 e. The smallest absolute Gasteiger partial charge is 0.326 e. The van der Waals surface area contributed by atoms with Crippen molar-refractivity contribution in [3.05, 3.63) is 71.7 Å². The van der Waals surface area contributed by atoms with Crippen LogP contribution >= 0.6 is 11.6 Å². The molecule has 0 spiro atoms. The summed E-state index contributed by atoms with van der Waals surface area (Å²) in [7, 11) is 5.60. The van der Waals surface area contributed by atoms with Crippen LogP contribution in [0.25, 0.3) is 0 Å². The van der Waals surface area contributed by atoms with Crippen molar-refractivity contribution in [3.63, 3.8) is 0 Å². The molecular formula is C29H38ClN9O2. The fourth-order valence-electron chi connectivity index (χ4n) is 5.12. The summed E-state index contributed by atoms with van der Waals surface area (Å²) in [5.41, 5.74) is 2.16. The number of hydrogen-bond acceptors (Lipinski definition) is 8. The Morgan fingerprint density at radius 3 is 2.73 bits per heavy atom. The summed E-state index contributed by atoms with van der Waals surface area (Å²) in [6, 6.07) is 9.52. The van der Waals surface area contributed by atoms with Crippen LogP contribution < -0.4 is 20.9 Å². The molecule has 41 heavy (non-hydrogen) atoms. The highest BCUT2D eigenvalue weighted by Crippen LogP contribution is 2.35. The molecule has 2 aromatic rings. The molecule has 12 heteroatoms. The zero-order valence-corrected chi connectivity index (χ0v) is 24.5. The van der Waals surface area contributed by atoms with E-state index in [2.05, 4.69) is 20.9 Å². The van der Waals surface area contributed by atoms with Gasteiger partial charge in [0.25, 0.3) is 0 Å². The second-order valence-corrected chi connectivity index (χ2v) is 10.9. The summed E-state index contributed by atoms with van der Waals surface area (Å²) < 4.78 is 0. The molecule has 4 N–H and O–H groups in total. The summed E-state index contributed by atoms with van der Waals surface area (Å²) in [5.74, 6) is 0.635. The van der Waals surface area contributed by atoms with Gasteiger partial charge in [0.05, 0.1) is 12.2 Å². The quantitative estimate of drug-likeness (QED) is 0.236. The van der Waals surface area contributed by atoms with Crippen LogP contribution in [0, 0.1) is 5.41 Å². The molecule has 2 aliphatic rings. The largest absolute Gasteiger partial charge is 0.392 e. The minimum absolute atomic E-state index is 0.0627. The SMILES string of the molecule is CN/C=C(/Nc1ncc2c(n1)N(C1CCCC(NC(=O)/C=C/CN(C)C)C1)C(=O)N(Cc1ccccc1)C2)C(=N)Cl. The first-order valence-electron chi connectivity index (χ1n) is 13.7. The fraction of sp³-hybridized carbons (Fsp3) is 0.414. The number of carbonyl (C=O) groups is 2. The van der Waals surface area contributed by atoms with Crippen molar-refractivity contribution in [1.82, 2.24) is 30.4 Å². The number of halogens is 1. The Morgan fingerprint density at radius 1 is 1.24 bits per heavy atom. The highest BCUT2D eigenvalue weighted by molar-refractivity contribution is 6.68. The number of benzene rings is 1. The number of aromatic nitrogens is 2. The Labute approximate surface area is 246 Å². The van der Waals surface area contributed by atoms with Gasteiger partial charge in [-0.05, 0) is 45.3 Å². The summed E-state index contributed by atoms with van der Waals surface area (Å²) >= 11 is 5.93. The molecule has 2 heterocycles. The van der Waals surface area contributed by atoms with E-state index in [-0.39, 0.29) is 35.1 Å². The van der Waals surface area contributed by atoms with E-state index >= 15 is 0 Å². The highest BCUT2D eigenvalue weighted by atomic mass is 35.5. The van der Waals surface area contributed by atoms with Gasteiger partial charge in [-0.1, -0.05) is 48.0 Å². The third-order valence-corrected chi connectivity index (χ3v) is 7.20. The number of carbonyl (C=O) groups excluding carboxylic acids is 2. The third kappa shape index (κ3) is 8.05. The molecule has 2 atom stereocenters. The lowest BCUT2D eigenvalue weighted by Gasteiger charge is -2.43. The molecule has 218 valence electrons. The van der Waals surface area contributed by atoms with Gasteiger partial charge in [-0.2, -0.15) is 4.98 Å². The molecular weight excluding hydrogens is 542 g/mol. The van der Waals surface area contributed by atoms with Gasteiger partial charge < -0.3 is 25.8 Å². The third-order valence-electron chi connectivity index (χ3n) is 6.99. The van der Waals surface area contributed by atoms with Crippen LogP contribution in [0.15, 0.2) is 60.6 Å². The molecule has 11 nitrogen and oxygen atoms in total. The Balaban J connectivity index is 1.61. The molecule has 1 saturated carbocycles. The maximum absolute atomic E-state index is 14.1. The van der Waals surface area contributed by atoms with Gasteiger partial charge in [0, 0.05) is 56.3 Å². The second-order valence-electron chi connectivity index (χ2n) is 10.5. The van der Waals surface area contributed by atoms with Crippen molar-refractivity contribution in [2.75, 3.05) is 37.9 Å². The first-order valence-corrected chi connectivity index (χ1v) is 14.1. The van der Waals surface area contributed by atoms with Crippen LogP contribution in [0.4, 0.5) is 16.6 Å². The summed E-state index contributed by atoms with van der Waals surface area (Å²) in [6.07, 6.45) is 9.78. The molecule has 4 rings (SSSR count). The first kappa shape index (κ1) is 30.0. The van der Waals surface area contributed by atoms with Crippen LogP contribution in [0.5, 0.6) is 0 Å². The van der Waals surface area contributed by atoms with Crippen LogP contribution in [-0.4, -0.2) is 76.6 Å². The molecule has 0 saturated heterocycles. The van der Waals surface area contributed by atoms with E-state index in [9.17, 15) is 9.59 Å². The van der Waals surface area contributed by atoms with Crippen molar-refractivity contribution in [3.8, 4) is 0 Å². The second kappa shape index (κ2) is 14.1. The van der Waals surface area contributed by atoms with Crippen molar-refractivity contribution < 1.29 is 9.59 Å². The summed E-state index contributed by atoms with van der Waals surface area (Å²) in [6.45, 7) is 1.51. The number of rotatable bonds is 11. The number of fused-ring (bicyclic) bond motifs is 1. The van der Waals surface area contributed by atoms with Gasteiger partial charge in [-0.25, -0.2) is 9.78 Å². The predicted molar refractivity (Wildman–Crippen MR) is 162 cm³/mol. The van der Waals surface area contributed by atoms with Gasteiger partial charge in [0.15, 0.2) is 0 Å². The molecule has 1 aromatic carbocycles. The number of likely N-dealkylation sites (N-methyl/N-ethyl adjacent to an activating group) is 1. The van der Waals surface area contributed by atoms with Crippen LogP contribution in [-0.2, 0) is 17.9 Å². The molecule has 0 bridgehead atoms. The lowest BCUT2D eigenvalue weighted by Crippen LogP contribution is -2.54. The molecule has 1 fully saturated rings. The van der Waals surface area contributed by atoms with Gasteiger partial charge in [0.1, 0.15) is 11.0 Å². The molecule has 3 amide bonds. The summed E-state index contributed by atoms with van der Waals surface area (Å²) in [4.78, 5) is 41.4. The maximum Gasteiger partial charge on any atom is 0.326 e. The zero-order chi connectivity index (χ0) is 29.4. The lowest BCUT2D eigenvalue weighted by molar-refractivity contribution is -0.117. The standard InChI is InChI=1S/C29H38ClN9O2/c1-32-17-24(26(30)31)35-28-33-16-21-19-38(18-20-9-5-4-6-10-20)29(41)39(27(21)36-28)23-12-7-11-22(15-23)34-25(40)13-8-14-37(2)3/h4-6,8-10,13,16-17,22-23,31-32H,7,11-12,14-15,18-19H2,1-3H3,(H,34,40)(H,33,35,36)/b13-8+,24-17+,31-26?. The van der Waals surface area contributed by atoms with E-state index < -0.39 is 0 Å². The van der Waals surface area contributed by atoms with Crippen LogP contribution in [0.1, 0.15) is 36.8 Å². The number of allylic oxidation sites excluding steroid dienone is 1. The van der Waals surface area contributed by atoms with Gasteiger partial charge in [-0.3, -0.25) is 15.1 Å². The van der Waals surface area contributed by atoms with E-state index in [1.807, 2.05) is 55.4 Å². The van der Waals surface area contributed by atoms with Gasteiger partial charge in [-0.15, -0.1) is 0 Å². The monoisotopic (exact) mass is 579 g/mol. The van der Waals surface area contributed by atoms with E-state index in [1.54, 1.807) is 35.3 Å². The van der Waals surface area contributed by atoms with E-state index in [1.165, 1.54) is 0 Å². The van der Waals surface area contributed by atoms with Crippen molar-refractivity contribution in [2.24, 2.45) is 0 Å². The molecule has 2 unspecified atom stereocenters. The van der Waals surface area contributed by atoms with Gasteiger partial charge in [0.2, 0.25) is 11.9 Å². The Bertz CT molecular complexity index is 1300. The molecule has 0 radical (unpaired) electrons. The van der Waals surface area contributed by atoms with Crippen LogP contribution in [0.3, 0.4) is 0 Å². The van der Waals surface area contributed by atoms with E-state index in [4.69, 9.17) is 22.0 Å². The highest BCUT2D eigenvalue weighted by Gasteiger charge is 2.39. The number of urea groups is 1. The molecule has 1 aliphatic heterocycles. The van der Waals surface area contributed by atoms with E-state index in [0.29, 0.717) is 37.6 Å². The number of amides is 3. The maximum atomic E-state index is 14.1. The Kier molecular flexibility index (Phi) is 10.3. The van der Waals surface area contributed by atoms with E-state index in [0.717, 1.165) is 30.4 Å². The lowest BCUT2D eigenvalue weighted by atomic mass is 9.89. The normalized spacial score (nSPS) is 19.3. The number of hydrogen-bond donors (Lipinski definition) is 4. The minimum atomic E-state index is -0.201. The molecule has 1 aliphatic carbocycles. The average molecular weight is 580 g/mol. The van der Waals surface area contributed by atoms with Gasteiger partial charge >= 0.3 is 6.03 Å². The molecule has 1 aromatic heterocycles. The van der Waals surface area contributed by atoms with Crippen molar-refractivity contribution in [2.45, 2.75) is 50.9 Å². The Hall–Kier alpha value is -3.96. The Morgan fingerprint density at radius 2 is 2.02 bits per heavy atom. The number of anilines is 2. The topological polar surface area (TPSA) is 130 Å². The fourth-order valence-corrected chi connectivity index (χ4v) is 5.22. The zero-order valence-electron chi connectivity index (χ0n) is 23.7. The summed E-state index contributed by atoms with van der Waals surface area (Å²) in [5, 5.41) is 16.6. The predicted octanol–water partition coefficient (Wildman–Crippen LogP) is 3.65.